The Kier molecular flexibility index (Phi) is 4.94. The highest BCUT2D eigenvalue weighted by Gasteiger charge is 2.39. The van der Waals surface area contributed by atoms with Crippen LogP contribution in [0, 0.1) is 5.92 Å². The summed E-state index contributed by atoms with van der Waals surface area (Å²) in [7, 11) is -3.43. The highest BCUT2D eigenvalue weighted by Crippen LogP contribution is 2.16. The number of sulfone groups is 1. The van der Waals surface area contributed by atoms with Gasteiger partial charge < -0.3 is 11.1 Å². The molecule has 0 aliphatic carbocycles. The van der Waals surface area contributed by atoms with Crippen LogP contribution in [0.2, 0.25) is 0 Å². The second-order valence-corrected chi connectivity index (χ2v) is 7.41. The molecule has 0 aromatic heterocycles. The van der Waals surface area contributed by atoms with Gasteiger partial charge in [-0.1, -0.05) is 13.8 Å². The lowest BCUT2D eigenvalue weighted by Gasteiger charge is -2.27. The minimum absolute atomic E-state index is 0.171. The van der Waals surface area contributed by atoms with Gasteiger partial charge in [-0.3, -0.25) is 4.79 Å². The Morgan fingerprint density at radius 1 is 1.38 bits per heavy atom. The summed E-state index contributed by atoms with van der Waals surface area (Å²) in [4.78, 5) is 11.8. The van der Waals surface area contributed by atoms with Crippen LogP contribution >= 0.6 is 0 Å². The molecule has 0 heterocycles. The number of nitrogens with one attached hydrogen (secondary N) is 1. The molecule has 16 heavy (non-hydrogen) atoms. The average molecular weight is 250 g/mol. The first-order valence-corrected chi connectivity index (χ1v) is 7.13. The van der Waals surface area contributed by atoms with Crippen LogP contribution in [0.4, 0.5) is 0 Å². The Balaban J connectivity index is 4.84. The van der Waals surface area contributed by atoms with Crippen molar-refractivity contribution >= 4 is 15.7 Å². The van der Waals surface area contributed by atoms with Crippen LogP contribution in [-0.2, 0) is 14.6 Å². The third-order valence-corrected chi connectivity index (χ3v) is 4.89. The van der Waals surface area contributed by atoms with E-state index >= 15 is 0 Å². The van der Waals surface area contributed by atoms with Crippen molar-refractivity contribution in [2.24, 2.45) is 11.7 Å². The van der Waals surface area contributed by atoms with Crippen LogP contribution in [0.15, 0.2) is 0 Å². The van der Waals surface area contributed by atoms with Gasteiger partial charge in [-0.15, -0.1) is 0 Å². The van der Waals surface area contributed by atoms with Crippen molar-refractivity contribution in [1.82, 2.24) is 5.32 Å². The molecule has 1 unspecified atom stereocenters. The predicted octanol–water partition coefficient (Wildman–Crippen LogP) is -0.0909. The molecule has 0 aliphatic heterocycles. The highest BCUT2D eigenvalue weighted by atomic mass is 32.2. The Morgan fingerprint density at radius 3 is 2.06 bits per heavy atom. The number of hydrogen-bond acceptors (Lipinski definition) is 4. The maximum absolute atomic E-state index is 11.8. The lowest BCUT2D eigenvalue weighted by molar-refractivity contribution is -0.123. The van der Waals surface area contributed by atoms with Gasteiger partial charge in [0, 0.05) is 18.8 Å². The summed E-state index contributed by atoms with van der Waals surface area (Å²) in [6.45, 7) is 6.93. The van der Waals surface area contributed by atoms with E-state index in [4.69, 9.17) is 5.73 Å². The van der Waals surface area contributed by atoms with E-state index in [9.17, 15) is 13.2 Å². The van der Waals surface area contributed by atoms with Crippen molar-refractivity contribution in [2.75, 3.05) is 12.8 Å². The summed E-state index contributed by atoms with van der Waals surface area (Å²) in [5, 5.41) is 2.67. The molecule has 0 saturated carbocycles. The van der Waals surface area contributed by atoms with Gasteiger partial charge >= 0.3 is 0 Å². The first-order valence-electron chi connectivity index (χ1n) is 5.24. The number of carbonyl (C=O) groups excluding carboxylic acids is 1. The van der Waals surface area contributed by atoms with E-state index in [1.165, 1.54) is 13.8 Å². The van der Waals surface area contributed by atoms with E-state index in [1.54, 1.807) is 0 Å². The quantitative estimate of drug-likeness (QED) is 0.713. The number of rotatable bonds is 5. The van der Waals surface area contributed by atoms with Crippen LogP contribution < -0.4 is 11.1 Å². The van der Waals surface area contributed by atoms with Crippen molar-refractivity contribution in [3.05, 3.63) is 0 Å². The Labute approximate surface area is 97.7 Å². The van der Waals surface area contributed by atoms with E-state index in [2.05, 4.69) is 5.32 Å². The number of carbonyl (C=O) groups is 1. The second kappa shape index (κ2) is 5.14. The van der Waals surface area contributed by atoms with E-state index in [0.29, 0.717) is 6.54 Å². The zero-order valence-corrected chi connectivity index (χ0v) is 11.4. The molecule has 0 bridgehead atoms. The van der Waals surface area contributed by atoms with Gasteiger partial charge in [-0.2, -0.15) is 0 Å². The summed E-state index contributed by atoms with van der Waals surface area (Å²) in [5.41, 5.74) is 5.51. The molecule has 0 saturated heterocycles. The van der Waals surface area contributed by atoms with Crippen molar-refractivity contribution in [3.8, 4) is 0 Å². The Hall–Kier alpha value is -0.620. The van der Waals surface area contributed by atoms with Crippen molar-refractivity contribution in [2.45, 2.75) is 38.5 Å². The zero-order valence-electron chi connectivity index (χ0n) is 10.6. The summed E-state index contributed by atoms with van der Waals surface area (Å²) < 4.78 is 21.5. The third kappa shape index (κ3) is 3.45. The van der Waals surface area contributed by atoms with Crippen LogP contribution in [0.5, 0.6) is 0 Å². The molecule has 0 aromatic carbocycles. The maximum Gasteiger partial charge on any atom is 0.241 e. The van der Waals surface area contributed by atoms with Gasteiger partial charge in [-0.25, -0.2) is 8.42 Å². The van der Waals surface area contributed by atoms with Gasteiger partial charge in [-0.05, 0) is 19.8 Å². The van der Waals surface area contributed by atoms with E-state index in [-0.39, 0.29) is 12.0 Å². The zero-order chi connectivity index (χ0) is 13.1. The molecule has 0 aromatic rings. The van der Waals surface area contributed by atoms with Gasteiger partial charge in [0.2, 0.25) is 5.91 Å². The average Bonchev–Trinajstić information content (AvgIpc) is 2.11. The van der Waals surface area contributed by atoms with Crippen LogP contribution in [0.3, 0.4) is 0 Å². The minimum Gasteiger partial charge on any atom is -0.350 e. The van der Waals surface area contributed by atoms with Gasteiger partial charge in [0.15, 0.2) is 9.84 Å². The van der Waals surface area contributed by atoms with Crippen LogP contribution in [0.25, 0.3) is 0 Å². The van der Waals surface area contributed by atoms with Crippen molar-refractivity contribution in [3.63, 3.8) is 0 Å². The second-order valence-electron chi connectivity index (χ2n) is 4.84. The molecule has 0 aliphatic rings. The molecule has 0 rings (SSSR count). The predicted molar refractivity (Wildman–Crippen MR) is 64.7 cm³/mol. The number of amides is 1. The summed E-state index contributed by atoms with van der Waals surface area (Å²) in [6.07, 6.45) is 1.05. The molecule has 1 atom stereocenters. The van der Waals surface area contributed by atoms with E-state index in [1.807, 2.05) is 13.8 Å². The minimum atomic E-state index is -3.43. The summed E-state index contributed by atoms with van der Waals surface area (Å²) >= 11 is 0. The number of nitrogens with two attached hydrogens (primary N) is 1. The fraction of sp³-hybridized carbons (Fsp3) is 0.900. The third-order valence-electron chi connectivity index (χ3n) is 2.85. The van der Waals surface area contributed by atoms with E-state index in [0.717, 1.165) is 6.26 Å². The van der Waals surface area contributed by atoms with Gasteiger partial charge in [0.05, 0.1) is 0 Å². The van der Waals surface area contributed by atoms with Crippen molar-refractivity contribution in [1.29, 1.82) is 0 Å². The smallest absolute Gasteiger partial charge is 0.241 e. The molecular formula is C10H22N2O3S. The summed E-state index contributed by atoms with van der Waals surface area (Å²) in [6, 6.07) is -0.200. The molecule has 5 nitrogen and oxygen atoms in total. The molecule has 0 spiro atoms. The fourth-order valence-corrected chi connectivity index (χ4v) is 1.40. The molecule has 3 N–H and O–H groups in total. The number of hydrogen-bond donors (Lipinski definition) is 2. The molecular weight excluding hydrogens is 228 g/mol. The molecule has 0 fully saturated rings. The Morgan fingerprint density at radius 2 is 1.81 bits per heavy atom. The standard InChI is InChI=1S/C10H22N2O3S/c1-7(2)8(6-11)12-9(13)10(3,4)16(5,14)15/h7-8H,6,11H2,1-5H3,(H,12,13). The molecule has 96 valence electrons. The fourth-order valence-electron chi connectivity index (χ4n) is 1.01. The first kappa shape index (κ1) is 15.4. The molecule has 0 radical (unpaired) electrons. The largest absolute Gasteiger partial charge is 0.350 e. The molecule has 1 amide bonds. The van der Waals surface area contributed by atoms with Crippen LogP contribution in [0.1, 0.15) is 27.7 Å². The first-order chi connectivity index (χ1) is 7.04. The lowest BCUT2D eigenvalue weighted by Crippen LogP contribution is -2.53. The SMILES string of the molecule is CC(C)C(CN)NC(=O)C(C)(C)S(C)(=O)=O. The van der Waals surface area contributed by atoms with Crippen LogP contribution in [-0.4, -0.2) is 37.9 Å². The van der Waals surface area contributed by atoms with Gasteiger partial charge in [0.25, 0.3) is 0 Å². The van der Waals surface area contributed by atoms with E-state index < -0.39 is 20.5 Å². The highest BCUT2D eigenvalue weighted by molar-refractivity contribution is 7.92. The lowest BCUT2D eigenvalue weighted by atomic mass is 10.0. The molecule has 6 heteroatoms. The monoisotopic (exact) mass is 250 g/mol. The maximum atomic E-state index is 11.8. The normalized spacial score (nSPS) is 14.9. The Bertz CT molecular complexity index is 347. The topological polar surface area (TPSA) is 89.3 Å². The van der Waals surface area contributed by atoms with Crippen molar-refractivity contribution < 1.29 is 13.2 Å². The van der Waals surface area contributed by atoms with Gasteiger partial charge in [0.1, 0.15) is 4.75 Å². The summed E-state index contributed by atoms with van der Waals surface area (Å²) in [5.74, 6) is -0.330.